The maximum Gasteiger partial charge on any atom is 0.123 e. The lowest BCUT2D eigenvalue weighted by Crippen LogP contribution is -2.05. The van der Waals surface area contributed by atoms with Gasteiger partial charge in [-0.1, -0.05) is 0 Å². The Bertz CT molecular complexity index is 349. The summed E-state index contributed by atoms with van der Waals surface area (Å²) in [5, 5.41) is 0. The average molecular weight is 229 g/mol. The zero-order chi connectivity index (χ0) is 10.8. The molecule has 3 heteroatoms. The summed E-state index contributed by atoms with van der Waals surface area (Å²) in [6.45, 7) is 0. The number of benzene rings is 1. The van der Waals surface area contributed by atoms with Gasteiger partial charge in [0.15, 0.2) is 0 Å². The molecule has 1 fully saturated rings. The summed E-state index contributed by atoms with van der Waals surface area (Å²) in [4.78, 5) is 0. The number of rotatable bonds is 4. The molecule has 0 amide bonds. The summed E-state index contributed by atoms with van der Waals surface area (Å²) in [7, 11) is 1.61. The van der Waals surface area contributed by atoms with Crippen LogP contribution < -0.4 is 4.74 Å². The van der Waals surface area contributed by atoms with E-state index in [4.69, 9.17) is 16.3 Å². The Labute approximate surface area is 94.2 Å². The minimum Gasteiger partial charge on any atom is -0.496 e. The number of alkyl halides is 1. The largest absolute Gasteiger partial charge is 0.496 e. The highest BCUT2D eigenvalue weighted by Gasteiger charge is 2.33. The van der Waals surface area contributed by atoms with E-state index < -0.39 is 0 Å². The van der Waals surface area contributed by atoms with Crippen molar-refractivity contribution in [2.75, 3.05) is 13.0 Å². The Kier molecular flexibility index (Phi) is 3.15. The monoisotopic (exact) mass is 228 g/mol. The first kappa shape index (κ1) is 10.7. The van der Waals surface area contributed by atoms with Gasteiger partial charge < -0.3 is 4.74 Å². The van der Waals surface area contributed by atoms with Crippen LogP contribution in [0.3, 0.4) is 0 Å². The summed E-state index contributed by atoms with van der Waals surface area (Å²) in [6.07, 6.45) is 2.38. The van der Waals surface area contributed by atoms with E-state index in [0.29, 0.717) is 11.8 Å². The van der Waals surface area contributed by atoms with Gasteiger partial charge in [0.1, 0.15) is 11.6 Å². The molecule has 0 spiro atoms. The van der Waals surface area contributed by atoms with Crippen molar-refractivity contribution in [3.63, 3.8) is 0 Å². The van der Waals surface area contributed by atoms with Crippen molar-refractivity contribution >= 4 is 11.6 Å². The van der Waals surface area contributed by atoms with Gasteiger partial charge in [0.2, 0.25) is 0 Å². The molecule has 1 aliphatic carbocycles. The van der Waals surface area contributed by atoms with E-state index in [1.165, 1.54) is 18.9 Å². The smallest absolute Gasteiger partial charge is 0.123 e. The lowest BCUT2D eigenvalue weighted by molar-refractivity contribution is 0.403. The third kappa shape index (κ3) is 2.25. The molecule has 1 atom stereocenters. The van der Waals surface area contributed by atoms with E-state index in [1.807, 2.05) is 0 Å². The molecular formula is C12H14ClFO. The van der Waals surface area contributed by atoms with Gasteiger partial charge in [0, 0.05) is 17.4 Å². The van der Waals surface area contributed by atoms with Crippen molar-refractivity contribution in [2.45, 2.75) is 18.8 Å². The minimum atomic E-state index is -0.221. The van der Waals surface area contributed by atoms with E-state index >= 15 is 0 Å². The number of halogens is 2. The molecule has 0 N–H and O–H groups in total. The number of hydrogen-bond acceptors (Lipinski definition) is 1. The molecule has 0 radical (unpaired) electrons. The van der Waals surface area contributed by atoms with Gasteiger partial charge in [-0.25, -0.2) is 4.39 Å². The number of methoxy groups -OCH3 is 1. The third-order valence-corrected chi connectivity index (χ3v) is 3.28. The van der Waals surface area contributed by atoms with Crippen LogP contribution in [0.5, 0.6) is 5.75 Å². The minimum absolute atomic E-state index is 0.221. The summed E-state index contributed by atoms with van der Waals surface area (Å²) in [5.74, 6) is 1.90. The van der Waals surface area contributed by atoms with Crippen LogP contribution in [0.4, 0.5) is 4.39 Å². The maximum atomic E-state index is 13.2. The molecule has 1 saturated carbocycles. The Morgan fingerprint density at radius 2 is 2.27 bits per heavy atom. The van der Waals surface area contributed by atoms with Gasteiger partial charge in [-0.05, 0) is 37.0 Å². The van der Waals surface area contributed by atoms with E-state index in [9.17, 15) is 4.39 Å². The van der Waals surface area contributed by atoms with Crippen molar-refractivity contribution in [1.29, 1.82) is 0 Å². The van der Waals surface area contributed by atoms with Crippen LogP contribution in [0.2, 0.25) is 0 Å². The highest BCUT2D eigenvalue weighted by Crippen LogP contribution is 2.45. The molecular weight excluding hydrogens is 215 g/mol. The van der Waals surface area contributed by atoms with Crippen LogP contribution in [-0.2, 0) is 0 Å². The molecule has 15 heavy (non-hydrogen) atoms. The van der Waals surface area contributed by atoms with Crippen LogP contribution in [-0.4, -0.2) is 13.0 Å². The van der Waals surface area contributed by atoms with Crippen molar-refractivity contribution in [1.82, 2.24) is 0 Å². The molecule has 2 rings (SSSR count). The molecule has 1 aromatic carbocycles. The van der Waals surface area contributed by atoms with E-state index in [0.717, 1.165) is 11.3 Å². The second-order valence-corrected chi connectivity index (χ2v) is 4.29. The first-order chi connectivity index (χ1) is 7.26. The molecule has 0 saturated heterocycles. The normalized spacial score (nSPS) is 17.5. The van der Waals surface area contributed by atoms with Gasteiger partial charge in [-0.15, -0.1) is 11.6 Å². The quantitative estimate of drug-likeness (QED) is 0.716. The van der Waals surface area contributed by atoms with Crippen LogP contribution in [0, 0.1) is 11.7 Å². The fourth-order valence-electron chi connectivity index (χ4n) is 1.96. The Morgan fingerprint density at radius 3 is 2.80 bits per heavy atom. The van der Waals surface area contributed by atoms with Crippen molar-refractivity contribution in [3.05, 3.63) is 29.6 Å². The molecule has 0 aromatic heterocycles. The summed E-state index contributed by atoms with van der Waals surface area (Å²) >= 11 is 5.94. The number of ether oxygens (including phenoxy) is 1. The van der Waals surface area contributed by atoms with E-state index in [-0.39, 0.29) is 11.7 Å². The fourth-order valence-corrected chi connectivity index (χ4v) is 2.37. The van der Waals surface area contributed by atoms with Crippen LogP contribution in [0.25, 0.3) is 0 Å². The first-order valence-corrected chi connectivity index (χ1v) is 5.69. The standard InChI is InChI=1S/C12H14ClFO/c1-15-12-5-4-9(14)6-10(12)11(7-13)8-2-3-8/h4-6,8,11H,2-3,7H2,1H3. The highest BCUT2D eigenvalue weighted by molar-refractivity contribution is 6.18. The zero-order valence-corrected chi connectivity index (χ0v) is 9.43. The Balaban J connectivity index is 2.34. The number of hydrogen-bond donors (Lipinski definition) is 0. The van der Waals surface area contributed by atoms with Gasteiger partial charge in [-0.2, -0.15) is 0 Å². The van der Waals surface area contributed by atoms with E-state index in [1.54, 1.807) is 19.2 Å². The van der Waals surface area contributed by atoms with Gasteiger partial charge in [0.25, 0.3) is 0 Å². The molecule has 1 nitrogen and oxygen atoms in total. The average Bonchev–Trinajstić information content (AvgIpc) is 3.04. The van der Waals surface area contributed by atoms with E-state index in [2.05, 4.69) is 0 Å². The molecule has 0 bridgehead atoms. The molecule has 1 aromatic rings. The predicted octanol–water partition coefficient (Wildman–Crippen LogP) is 3.57. The molecule has 1 unspecified atom stereocenters. The fraction of sp³-hybridized carbons (Fsp3) is 0.500. The summed E-state index contributed by atoms with van der Waals surface area (Å²) < 4.78 is 18.4. The Hall–Kier alpha value is -0.760. The van der Waals surface area contributed by atoms with Crippen LogP contribution >= 0.6 is 11.6 Å². The molecule has 1 aliphatic rings. The lowest BCUT2D eigenvalue weighted by atomic mass is 9.95. The lowest BCUT2D eigenvalue weighted by Gasteiger charge is -2.16. The molecule has 82 valence electrons. The van der Waals surface area contributed by atoms with Gasteiger partial charge in [0.05, 0.1) is 7.11 Å². The van der Waals surface area contributed by atoms with Crippen LogP contribution in [0.1, 0.15) is 24.3 Å². The predicted molar refractivity (Wildman–Crippen MR) is 59.1 cm³/mol. The second-order valence-electron chi connectivity index (χ2n) is 3.98. The molecule has 0 aliphatic heterocycles. The Morgan fingerprint density at radius 1 is 1.53 bits per heavy atom. The van der Waals surface area contributed by atoms with Crippen molar-refractivity contribution < 1.29 is 9.13 Å². The van der Waals surface area contributed by atoms with Crippen molar-refractivity contribution in [3.8, 4) is 5.75 Å². The molecule has 0 heterocycles. The van der Waals surface area contributed by atoms with Crippen LogP contribution in [0.15, 0.2) is 18.2 Å². The van der Waals surface area contributed by atoms with Gasteiger partial charge >= 0.3 is 0 Å². The topological polar surface area (TPSA) is 9.23 Å². The summed E-state index contributed by atoms with van der Waals surface area (Å²) in [5.41, 5.74) is 0.912. The first-order valence-electron chi connectivity index (χ1n) is 5.15. The third-order valence-electron chi connectivity index (χ3n) is 2.95. The van der Waals surface area contributed by atoms with Gasteiger partial charge in [-0.3, -0.25) is 0 Å². The zero-order valence-electron chi connectivity index (χ0n) is 8.67. The SMILES string of the molecule is COc1ccc(F)cc1C(CCl)C1CC1. The second kappa shape index (κ2) is 4.40. The van der Waals surface area contributed by atoms with Crippen molar-refractivity contribution in [2.24, 2.45) is 5.92 Å². The maximum absolute atomic E-state index is 13.2. The summed E-state index contributed by atoms with van der Waals surface area (Å²) in [6, 6.07) is 4.64. The highest BCUT2D eigenvalue weighted by atomic mass is 35.5.